The molecular weight excluding hydrogens is 508 g/mol. The summed E-state index contributed by atoms with van der Waals surface area (Å²) in [5.74, 6) is 2.84. The normalized spacial score (nSPS) is 18.9. The number of ether oxygens (including phenoxy) is 1. The third kappa shape index (κ3) is 5.62. The smallest absolute Gasteiger partial charge is 0.140 e. The summed E-state index contributed by atoms with van der Waals surface area (Å²) in [6, 6.07) is 14.8. The molecule has 1 aromatic carbocycles. The van der Waals surface area contributed by atoms with Crippen LogP contribution in [-0.2, 0) is 6.54 Å². The van der Waals surface area contributed by atoms with E-state index in [2.05, 4.69) is 54.4 Å². The van der Waals surface area contributed by atoms with Crippen molar-refractivity contribution in [1.29, 1.82) is 5.41 Å². The first kappa shape index (κ1) is 25.4. The van der Waals surface area contributed by atoms with Crippen LogP contribution < -0.4 is 15.4 Å². The Hall–Kier alpha value is -3.89. The number of anilines is 1. The molecule has 2 fully saturated rings. The lowest BCUT2D eigenvalue weighted by Crippen LogP contribution is -2.36. The number of hydrogen-bond acceptors (Lipinski definition) is 9. The zero-order chi connectivity index (χ0) is 26.6. The Morgan fingerprint density at radius 1 is 1.18 bits per heavy atom. The lowest BCUT2D eigenvalue weighted by Gasteiger charge is -2.26. The number of benzene rings is 1. The molecule has 0 aliphatic carbocycles. The SMILES string of the molecule is CN/C=C(\C=N)c1ccc(CNc2cc(-c3cnc4cc(OCCN5CC6CC5CS6)ccn34)ncn2)cc1. The molecular formula is C29H32N8OS. The summed E-state index contributed by atoms with van der Waals surface area (Å²) in [6.07, 6.45) is 9.89. The molecule has 5 heterocycles. The molecule has 3 aromatic heterocycles. The van der Waals surface area contributed by atoms with E-state index < -0.39 is 0 Å². The summed E-state index contributed by atoms with van der Waals surface area (Å²) in [6.45, 7) is 3.49. The van der Waals surface area contributed by atoms with Gasteiger partial charge in [0.15, 0.2) is 0 Å². The van der Waals surface area contributed by atoms with Gasteiger partial charge in [-0.05, 0) is 23.6 Å². The maximum atomic E-state index is 7.58. The molecule has 2 atom stereocenters. The Balaban J connectivity index is 1.08. The van der Waals surface area contributed by atoms with Crippen molar-refractivity contribution in [1.82, 2.24) is 29.6 Å². The molecule has 200 valence electrons. The lowest BCUT2D eigenvalue weighted by molar-refractivity contribution is 0.205. The summed E-state index contributed by atoms with van der Waals surface area (Å²) in [7, 11) is 1.83. The van der Waals surface area contributed by atoms with Crippen molar-refractivity contribution >= 4 is 35.0 Å². The van der Waals surface area contributed by atoms with Crippen molar-refractivity contribution in [3.05, 3.63) is 78.5 Å². The van der Waals surface area contributed by atoms with Gasteiger partial charge in [-0.1, -0.05) is 24.3 Å². The number of likely N-dealkylation sites (tertiary alicyclic amines) is 1. The van der Waals surface area contributed by atoms with Crippen LogP contribution in [0.5, 0.6) is 5.75 Å². The Labute approximate surface area is 232 Å². The minimum Gasteiger partial charge on any atom is -0.492 e. The highest BCUT2D eigenvalue weighted by atomic mass is 32.2. The molecule has 2 saturated heterocycles. The van der Waals surface area contributed by atoms with Gasteiger partial charge in [0.25, 0.3) is 0 Å². The average Bonchev–Trinajstić information content (AvgIpc) is 3.71. The van der Waals surface area contributed by atoms with Crippen LogP contribution in [0.1, 0.15) is 17.5 Å². The molecule has 4 aromatic rings. The van der Waals surface area contributed by atoms with E-state index in [0.717, 1.165) is 63.1 Å². The topological polar surface area (TPSA) is 103 Å². The van der Waals surface area contributed by atoms with E-state index in [4.69, 9.17) is 10.1 Å². The first-order chi connectivity index (χ1) is 19.2. The molecule has 2 unspecified atom stereocenters. The van der Waals surface area contributed by atoms with Crippen LogP contribution >= 0.6 is 11.8 Å². The molecule has 39 heavy (non-hydrogen) atoms. The number of nitrogens with zero attached hydrogens (tertiary/aromatic N) is 5. The third-order valence-corrected chi connectivity index (χ3v) is 8.68. The van der Waals surface area contributed by atoms with Gasteiger partial charge in [0.2, 0.25) is 0 Å². The second-order valence-electron chi connectivity index (χ2n) is 9.79. The van der Waals surface area contributed by atoms with E-state index in [1.165, 1.54) is 24.9 Å². The number of hydrogen-bond donors (Lipinski definition) is 3. The van der Waals surface area contributed by atoms with Crippen molar-refractivity contribution < 1.29 is 4.74 Å². The molecule has 0 amide bonds. The summed E-state index contributed by atoms with van der Waals surface area (Å²) < 4.78 is 8.10. The maximum Gasteiger partial charge on any atom is 0.140 e. The fourth-order valence-electron chi connectivity index (χ4n) is 5.24. The molecule has 2 bridgehead atoms. The predicted molar refractivity (Wildman–Crippen MR) is 158 cm³/mol. The van der Waals surface area contributed by atoms with Crippen molar-refractivity contribution in [2.45, 2.75) is 24.3 Å². The number of allylic oxidation sites excluding steroid dienone is 1. The molecule has 10 heteroatoms. The van der Waals surface area contributed by atoms with Crippen LogP contribution in [-0.4, -0.2) is 74.3 Å². The highest BCUT2D eigenvalue weighted by molar-refractivity contribution is 8.00. The number of thioether (sulfide) groups is 1. The first-order valence-corrected chi connectivity index (χ1v) is 14.2. The van der Waals surface area contributed by atoms with Crippen LogP contribution in [0, 0.1) is 5.41 Å². The second-order valence-corrected chi connectivity index (χ2v) is 11.1. The molecule has 6 rings (SSSR count). The van der Waals surface area contributed by atoms with Crippen LogP contribution in [0.2, 0.25) is 0 Å². The van der Waals surface area contributed by atoms with E-state index in [1.807, 2.05) is 60.4 Å². The number of aromatic nitrogens is 4. The van der Waals surface area contributed by atoms with Gasteiger partial charge < -0.3 is 20.8 Å². The largest absolute Gasteiger partial charge is 0.492 e. The van der Waals surface area contributed by atoms with Crippen LogP contribution in [0.25, 0.3) is 22.6 Å². The van der Waals surface area contributed by atoms with Crippen molar-refractivity contribution in [3.63, 3.8) is 0 Å². The molecule has 9 nitrogen and oxygen atoms in total. The number of fused-ring (bicyclic) bond motifs is 3. The molecule has 3 N–H and O–H groups in total. The zero-order valence-electron chi connectivity index (χ0n) is 21.9. The summed E-state index contributed by atoms with van der Waals surface area (Å²) in [5, 5.41) is 14.8. The quantitative estimate of drug-likeness (QED) is 0.244. The Morgan fingerprint density at radius 3 is 2.85 bits per heavy atom. The fraction of sp³-hybridized carbons (Fsp3) is 0.310. The third-order valence-electron chi connectivity index (χ3n) is 7.29. The van der Waals surface area contributed by atoms with E-state index in [9.17, 15) is 0 Å². The predicted octanol–water partition coefficient (Wildman–Crippen LogP) is 4.18. The molecule has 2 aliphatic heterocycles. The number of nitrogens with one attached hydrogen (secondary N) is 3. The minimum atomic E-state index is 0.623. The standard InChI is InChI=1S/C29H32N8OS/c1-31-15-22(13-30)21-4-2-20(3-5-21)14-32-28-12-26(34-19-35-28)27-16-33-29-11-24(6-7-37(27)29)38-9-8-36-17-25-10-23(36)18-39-25/h2-7,11-13,15-16,19,23,25,30-31H,8-10,14,17-18H2,1H3,(H,32,34,35)/b22-15+,30-13?. The monoisotopic (exact) mass is 540 g/mol. The first-order valence-electron chi connectivity index (χ1n) is 13.2. The van der Waals surface area contributed by atoms with Gasteiger partial charge in [-0.15, -0.1) is 0 Å². The van der Waals surface area contributed by atoms with Crippen molar-refractivity contribution in [2.24, 2.45) is 0 Å². The van der Waals surface area contributed by atoms with Crippen LogP contribution in [0.15, 0.2) is 67.4 Å². The second kappa shape index (κ2) is 11.5. The highest BCUT2D eigenvalue weighted by Crippen LogP contribution is 2.37. The van der Waals surface area contributed by atoms with E-state index >= 15 is 0 Å². The summed E-state index contributed by atoms with van der Waals surface area (Å²) in [4.78, 5) is 16.1. The molecule has 2 aliphatic rings. The Bertz CT molecular complexity index is 1480. The van der Waals surface area contributed by atoms with Gasteiger partial charge in [0.1, 0.15) is 30.1 Å². The van der Waals surface area contributed by atoms with Gasteiger partial charge in [0, 0.05) is 80.0 Å². The van der Waals surface area contributed by atoms with Gasteiger partial charge in [-0.25, -0.2) is 15.0 Å². The number of rotatable bonds is 11. The van der Waals surface area contributed by atoms with Crippen molar-refractivity contribution in [3.8, 4) is 17.1 Å². The average molecular weight is 541 g/mol. The highest BCUT2D eigenvalue weighted by Gasteiger charge is 2.37. The van der Waals surface area contributed by atoms with Crippen LogP contribution in [0.3, 0.4) is 0 Å². The van der Waals surface area contributed by atoms with Crippen molar-refractivity contribution in [2.75, 3.05) is 37.8 Å². The molecule has 0 radical (unpaired) electrons. The van der Waals surface area contributed by atoms with Crippen LogP contribution in [0.4, 0.5) is 5.82 Å². The van der Waals surface area contributed by atoms with E-state index in [-0.39, 0.29) is 0 Å². The Kier molecular flexibility index (Phi) is 7.46. The van der Waals surface area contributed by atoms with Gasteiger partial charge >= 0.3 is 0 Å². The van der Waals surface area contributed by atoms with Gasteiger partial charge in [-0.2, -0.15) is 11.8 Å². The molecule has 0 saturated carbocycles. The van der Waals surface area contributed by atoms with E-state index in [1.54, 1.807) is 6.33 Å². The lowest BCUT2D eigenvalue weighted by atomic mass is 10.1. The fourth-order valence-corrected chi connectivity index (χ4v) is 6.74. The molecule has 0 spiro atoms. The van der Waals surface area contributed by atoms with Gasteiger partial charge in [0.05, 0.1) is 17.6 Å². The van der Waals surface area contributed by atoms with Gasteiger partial charge in [-0.3, -0.25) is 9.30 Å². The Morgan fingerprint density at radius 2 is 2.08 bits per heavy atom. The summed E-state index contributed by atoms with van der Waals surface area (Å²) in [5.41, 5.74) is 5.45. The number of pyridine rings is 1. The zero-order valence-corrected chi connectivity index (χ0v) is 22.7. The maximum absolute atomic E-state index is 7.58. The summed E-state index contributed by atoms with van der Waals surface area (Å²) >= 11 is 2.12. The number of imidazole rings is 1. The van der Waals surface area contributed by atoms with E-state index in [0.29, 0.717) is 13.2 Å². The minimum absolute atomic E-state index is 0.623.